The monoisotopic (exact) mass is 648 g/mol. The Kier molecular flexibility index (Phi) is 9.32. The molecular weight excluding hydrogens is 604 g/mol. The number of carbonyl (C=O) groups is 3. The molecule has 250 valence electrons. The van der Waals surface area contributed by atoms with Crippen LogP contribution in [0.4, 0.5) is 5.69 Å². The van der Waals surface area contributed by atoms with E-state index in [0.717, 1.165) is 44.5 Å². The first kappa shape index (κ1) is 32.1. The van der Waals surface area contributed by atoms with E-state index >= 15 is 0 Å². The van der Waals surface area contributed by atoms with Gasteiger partial charge in [0.25, 0.3) is 0 Å². The lowest BCUT2D eigenvalue weighted by Crippen LogP contribution is -2.56. The molecule has 2 saturated heterocycles. The Labute approximate surface area is 282 Å². The molecule has 3 aromatic carbocycles. The molecule has 0 aromatic heterocycles. The van der Waals surface area contributed by atoms with Crippen LogP contribution < -0.4 is 15.4 Å². The van der Waals surface area contributed by atoms with Gasteiger partial charge in [-0.15, -0.1) is 0 Å². The van der Waals surface area contributed by atoms with Crippen molar-refractivity contribution < 1.29 is 23.9 Å². The van der Waals surface area contributed by atoms with Gasteiger partial charge in [0.05, 0.1) is 17.9 Å². The standard InChI is InChI=1S/C39H44N4O5/c1-42(26-27-12-5-2-6-13-27)24-11-25-43-35(37(45)41-28-14-7-3-8-15-28)39-23-22-32(48-39)33(34(39)38(43)46)36(44)40-29-18-20-31(21-19-29)47-30-16-9-4-10-17-30/h2,4-6,9-10,12-13,16-23,28,32-35H,3,7-8,11,14-15,24-26H2,1H3,(H,40,44)(H,41,45)/t32-,33-,34-,35+,39-/m0/s1. The second-order valence-electron chi connectivity index (χ2n) is 13.6. The number of hydrogen-bond donors (Lipinski definition) is 2. The molecule has 1 saturated carbocycles. The first-order chi connectivity index (χ1) is 23.4. The van der Waals surface area contributed by atoms with Gasteiger partial charge >= 0.3 is 0 Å². The Morgan fingerprint density at radius 2 is 1.60 bits per heavy atom. The first-order valence-corrected chi connectivity index (χ1v) is 17.3. The SMILES string of the molecule is CN(CCCN1C(=O)[C@@H]2[C@@H](C(=O)Nc3ccc(Oc4ccccc4)cc3)[C@@H]3C=C[C@@]2(O3)[C@H]1C(=O)NC1CCCCC1)Cc1ccccc1. The van der Waals surface area contributed by atoms with Crippen LogP contribution in [-0.4, -0.2) is 71.4 Å². The molecule has 5 atom stereocenters. The van der Waals surface area contributed by atoms with E-state index in [1.54, 1.807) is 29.2 Å². The lowest BCUT2D eigenvalue weighted by Gasteiger charge is -2.34. The van der Waals surface area contributed by atoms with E-state index in [4.69, 9.17) is 9.47 Å². The molecule has 48 heavy (non-hydrogen) atoms. The minimum absolute atomic E-state index is 0.0891. The highest BCUT2D eigenvalue weighted by Gasteiger charge is 2.72. The zero-order chi connectivity index (χ0) is 33.1. The van der Waals surface area contributed by atoms with Crippen LogP contribution in [0.15, 0.2) is 97.1 Å². The summed E-state index contributed by atoms with van der Waals surface area (Å²) in [4.78, 5) is 46.3. The van der Waals surface area contributed by atoms with Crippen LogP contribution in [0, 0.1) is 11.8 Å². The van der Waals surface area contributed by atoms with Gasteiger partial charge in [0.1, 0.15) is 23.1 Å². The Balaban J connectivity index is 1.07. The number of carbonyl (C=O) groups excluding carboxylic acids is 3. The van der Waals surface area contributed by atoms with E-state index in [9.17, 15) is 14.4 Å². The van der Waals surface area contributed by atoms with Crippen molar-refractivity contribution in [3.63, 3.8) is 0 Å². The number of para-hydroxylation sites is 1. The van der Waals surface area contributed by atoms with Gasteiger partial charge < -0.3 is 29.9 Å². The van der Waals surface area contributed by atoms with Crippen molar-refractivity contribution in [3.8, 4) is 11.5 Å². The molecular formula is C39H44N4O5. The summed E-state index contributed by atoms with van der Waals surface area (Å²) in [5.74, 6) is -0.834. The number of benzene rings is 3. The maximum absolute atomic E-state index is 14.4. The Morgan fingerprint density at radius 1 is 0.917 bits per heavy atom. The van der Waals surface area contributed by atoms with Crippen molar-refractivity contribution >= 4 is 23.4 Å². The van der Waals surface area contributed by atoms with Crippen LogP contribution in [0.25, 0.3) is 0 Å². The van der Waals surface area contributed by atoms with E-state index in [1.807, 2.05) is 60.7 Å². The smallest absolute Gasteiger partial charge is 0.246 e. The summed E-state index contributed by atoms with van der Waals surface area (Å²) in [6.45, 7) is 1.95. The summed E-state index contributed by atoms with van der Waals surface area (Å²) < 4.78 is 12.4. The van der Waals surface area contributed by atoms with Crippen molar-refractivity contribution in [1.29, 1.82) is 0 Å². The summed E-state index contributed by atoms with van der Waals surface area (Å²) in [5.41, 5.74) is 0.640. The predicted molar refractivity (Wildman–Crippen MR) is 183 cm³/mol. The summed E-state index contributed by atoms with van der Waals surface area (Å²) in [5, 5.41) is 6.28. The number of anilines is 1. The van der Waals surface area contributed by atoms with E-state index in [0.29, 0.717) is 24.4 Å². The second kappa shape index (κ2) is 13.9. The molecule has 2 N–H and O–H groups in total. The molecule has 3 amide bonds. The van der Waals surface area contributed by atoms with Gasteiger partial charge in [-0.25, -0.2) is 0 Å². The summed E-state index contributed by atoms with van der Waals surface area (Å²) in [7, 11) is 2.06. The van der Waals surface area contributed by atoms with E-state index < -0.39 is 29.6 Å². The van der Waals surface area contributed by atoms with Crippen LogP contribution in [-0.2, 0) is 25.7 Å². The van der Waals surface area contributed by atoms with Crippen LogP contribution in [0.5, 0.6) is 11.5 Å². The fraction of sp³-hybridized carbons (Fsp3) is 0.410. The molecule has 2 bridgehead atoms. The van der Waals surface area contributed by atoms with E-state index in [1.165, 1.54) is 12.0 Å². The Bertz CT molecular complexity index is 1630. The molecule has 3 fully saturated rings. The fourth-order valence-corrected chi connectivity index (χ4v) is 7.98. The third-order valence-corrected chi connectivity index (χ3v) is 10.2. The lowest BCUT2D eigenvalue weighted by atomic mass is 9.74. The topological polar surface area (TPSA) is 100 Å². The first-order valence-electron chi connectivity index (χ1n) is 17.3. The number of rotatable bonds is 12. The maximum atomic E-state index is 14.4. The number of fused-ring (bicyclic) bond motifs is 1. The Hall–Kier alpha value is -4.47. The molecule has 7 rings (SSSR count). The molecule has 9 nitrogen and oxygen atoms in total. The minimum Gasteiger partial charge on any atom is -0.457 e. The van der Waals surface area contributed by atoms with Crippen LogP contribution in [0.1, 0.15) is 44.1 Å². The number of hydrogen-bond acceptors (Lipinski definition) is 6. The number of amides is 3. The molecule has 0 radical (unpaired) electrons. The summed E-state index contributed by atoms with van der Waals surface area (Å²) >= 11 is 0. The number of nitrogens with zero attached hydrogens (tertiary/aromatic N) is 2. The molecule has 1 spiro atoms. The molecule has 0 unspecified atom stereocenters. The quantitative estimate of drug-likeness (QED) is 0.250. The van der Waals surface area contributed by atoms with Crippen molar-refractivity contribution in [3.05, 3.63) is 103 Å². The van der Waals surface area contributed by atoms with Crippen molar-refractivity contribution in [2.45, 2.75) is 68.9 Å². The van der Waals surface area contributed by atoms with Gasteiger partial charge in [-0.1, -0.05) is 79.9 Å². The average molecular weight is 649 g/mol. The highest BCUT2D eigenvalue weighted by Crippen LogP contribution is 2.55. The third-order valence-electron chi connectivity index (χ3n) is 10.2. The largest absolute Gasteiger partial charge is 0.457 e. The second-order valence-corrected chi connectivity index (χ2v) is 13.6. The molecule has 9 heteroatoms. The molecule has 3 aromatic rings. The number of likely N-dealkylation sites (tertiary alicyclic amines) is 1. The molecule has 3 aliphatic heterocycles. The number of ether oxygens (including phenoxy) is 2. The molecule has 1 aliphatic carbocycles. The van der Waals surface area contributed by atoms with Crippen LogP contribution in [0.3, 0.4) is 0 Å². The van der Waals surface area contributed by atoms with Crippen molar-refractivity contribution in [2.75, 3.05) is 25.5 Å². The molecule has 4 aliphatic rings. The van der Waals surface area contributed by atoms with Crippen molar-refractivity contribution in [1.82, 2.24) is 15.1 Å². The van der Waals surface area contributed by atoms with Gasteiger partial charge in [-0.3, -0.25) is 14.4 Å². The van der Waals surface area contributed by atoms with Gasteiger partial charge in [-0.2, -0.15) is 0 Å². The highest BCUT2D eigenvalue weighted by atomic mass is 16.5. The zero-order valence-electron chi connectivity index (χ0n) is 27.4. The van der Waals surface area contributed by atoms with E-state index in [2.05, 4.69) is 34.7 Å². The zero-order valence-corrected chi connectivity index (χ0v) is 27.4. The minimum atomic E-state index is -1.17. The maximum Gasteiger partial charge on any atom is 0.246 e. The van der Waals surface area contributed by atoms with Gasteiger partial charge in [0, 0.05) is 24.8 Å². The van der Waals surface area contributed by atoms with Gasteiger partial charge in [0.15, 0.2) is 0 Å². The van der Waals surface area contributed by atoms with Crippen molar-refractivity contribution in [2.24, 2.45) is 11.8 Å². The molecule has 3 heterocycles. The summed E-state index contributed by atoms with van der Waals surface area (Å²) in [6.07, 6.45) is 9.07. The van der Waals surface area contributed by atoms with E-state index in [-0.39, 0.29) is 23.8 Å². The third kappa shape index (κ3) is 6.49. The van der Waals surface area contributed by atoms with Crippen LogP contribution in [0.2, 0.25) is 0 Å². The fourth-order valence-electron chi connectivity index (χ4n) is 7.98. The normalized spacial score (nSPS) is 26.1. The van der Waals surface area contributed by atoms with Gasteiger partial charge in [-0.05, 0) is 74.8 Å². The highest BCUT2D eigenvalue weighted by molar-refractivity contribution is 6.02. The lowest BCUT2D eigenvalue weighted by molar-refractivity contribution is -0.141. The summed E-state index contributed by atoms with van der Waals surface area (Å²) in [6, 6.07) is 26.2. The van der Waals surface area contributed by atoms with Crippen LogP contribution >= 0.6 is 0 Å². The number of nitrogens with one attached hydrogen (secondary N) is 2. The Morgan fingerprint density at radius 3 is 2.33 bits per heavy atom. The van der Waals surface area contributed by atoms with Gasteiger partial charge in [0.2, 0.25) is 17.7 Å². The average Bonchev–Trinajstić information content (AvgIpc) is 3.74. The predicted octanol–water partition coefficient (Wildman–Crippen LogP) is 5.54.